The largest absolute Gasteiger partial charge is 0.480 e. The van der Waals surface area contributed by atoms with E-state index >= 15 is 0 Å². The van der Waals surface area contributed by atoms with Crippen molar-refractivity contribution >= 4 is 17.7 Å². The molecule has 1 atom stereocenters. The summed E-state index contributed by atoms with van der Waals surface area (Å²) in [5.41, 5.74) is 5.61. The number of halogens is 2. The summed E-state index contributed by atoms with van der Waals surface area (Å²) in [4.78, 5) is 10.4. The zero-order valence-electron chi connectivity index (χ0n) is 8.32. The van der Waals surface area contributed by atoms with Crippen molar-refractivity contribution in [2.45, 2.75) is 11.8 Å². The highest BCUT2D eigenvalue weighted by atomic mass is 32.2. The fourth-order valence-corrected chi connectivity index (χ4v) is 1.97. The van der Waals surface area contributed by atoms with E-state index in [4.69, 9.17) is 10.8 Å². The molecular formula is C10H11F2NO2S. The first-order valence-electron chi connectivity index (χ1n) is 4.50. The summed E-state index contributed by atoms with van der Waals surface area (Å²) in [6, 6.07) is 2.33. The average molecular weight is 247 g/mol. The first-order valence-corrected chi connectivity index (χ1v) is 5.66. The van der Waals surface area contributed by atoms with Gasteiger partial charge in [0.25, 0.3) is 0 Å². The molecule has 6 heteroatoms. The van der Waals surface area contributed by atoms with Crippen LogP contribution in [-0.2, 0) is 10.5 Å². The van der Waals surface area contributed by atoms with Crippen molar-refractivity contribution in [3.8, 4) is 0 Å². The molecule has 0 amide bonds. The molecule has 1 rings (SSSR count). The Morgan fingerprint density at radius 3 is 2.75 bits per heavy atom. The smallest absolute Gasteiger partial charge is 0.321 e. The molecule has 0 aliphatic heterocycles. The van der Waals surface area contributed by atoms with Crippen LogP contribution in [0.25, 0.3) is 0 Å². The van der Waals surface area contributed by atoms with Crippen LogP contribution in [0.5, 0.6) is 0 Å². The topological polar surface area (TPSA) is 63.3 Å². The van der Waals surface area contributed by atoms with Crippen LogP contribution in [-0.4, -0.2) is 22.9 Å². The highest BCUT2D eigenvalue weighted by molar-refractivity contribution is 7.98. The van der Waals surface area contributed by atoms with E-state index in [9.17, 15) is 13.6 Å². The fourth-order valence-electron chi connectivity index (χ4n) is 1.01. The van der Waals surface area contributed by atoms with E-state index in [1.54, 1.807) is 0 Å². The van der Waals surface area contributed by atoms with Crippen molar-refractivity contribution in [2.24, 2.45) is 5.73 Å². The number of aliphatic carboxylic acids is 1. The summed E-state index contributed by atoms with van der Waals surface area (Å²) in [6.45, 7) is 0. The molecule has 0 spiro atoms. The minimum absolute atomic E-state index is 0.187. The standard InChI is InChI=1S/C10H11F2NO2S/c11-7-2-1-6(8(12)3-7)4-16-5-9(13)10(14)15/h1-3,9H,4-5,13H2,(H,14,15)/t9-/m0/s1. The zero-order valence-corrected chi connectivity index (χ0v) is 9.14. The van der Waals surface area contributed by atoms with E-state index in [2.05, 4.69) is 0 Å². The molecule has 0 bridgehead atoms. The second-order valence-electron chi connectivity index (χ2n) is 3.20. The molecule has 0 aliphatic rings. The Balaban J connectivity index is 2.46. The summed E-state index contributed by atoms with van der Waals surface area (Å²) in [6.07, 6.45) is 0. The number of nitrogens with two attached hydrogens (primary N) is 1. The summed E-state index contributed by atoms with van der Waals surface area (Å²) in [5, 5.41) is 8.51. The van der Waals surface area contributed by atoms with Crippen molar-refractivity contribution in [3.05, 3.63) is 35.4 Å². The van der Waals surface area contributed by atoms with Crippen LogP contribution in [0.15, 0.2) is 18.2 Å². The second kappa shape index (κ2) is 5.81. The Labute approximate surface area is 95.6 Å². The van der Waals surface area contributed by atoms with Crippen molar-refractivity contribution in [1.82, 2.24) is 0 Å². The quantitative estimate of drug-likeness (QED) is 0.829. The molecular weight excluding hydrogens is 236 g/mol. The lowest BCUT2D eigenvalue weighted by Gasteiger charge is -2.06. The molecule has 0 heterocycles. The van der Waals surface area contributed by atoms with Crippen LogP contribution in [0.4, 0.5) is 8.78 Å². The summed E-state index contributed by atoms with van der Waals surface area (Å²) >= 11 is 1.19. The number of carbonyl (C=O) groups is 1. The molecule has 0 aromatic heterocycles. The maximum Gasteiger partial charge on any atom is 0.321 e. The third-order valence-corrected chi connectivity index (χ3v) is 3.00. The van der Waals surface area contributed by atoms with E-state index in [0.29, 0.717) is 5.56 Å². The Hall–Kier alpha value is -1.14. The summed E-state index contributed by atoms with van der Waals surface area (Å²) in [7, 11) is 0. The van der Waals surface area contributed by atoms with E-state index in [1.807, 2.05) is 0 Å². The predicted octanol–water partition coefficient (Wildman–Crippen LogP) is 1.61. The Morgan fingerprint density at radius 2 is 2.19 bits per heavy atom. The maximum atomic E-state index is 13.1. The molecule has 0 saturated carbocycles. The van der Waals surface area contributed by atoms with Gasteiger partial charge >= 0.3 is 5.97 Å². The average Bonchev–Trinajstić information content (AvgIpc) is 2.20. The van der Waals surface area contributed by atoms with Gasteiger partial charge in [0.05, 0.1) is 0 Å². The van der Waals surface area contributed by atoms with Gasteiger partial charge in [-0.05, 0) is 11.6 Å². The molecule has 16 heavy (non-hydrogen) atoms. The van der Waals surface area contributed by atoms with Gasteiger partial charge in [-0.15, -0.1) is 0 Å². The van der Waals surface area contributed by atoms with Crippen LogP contribution in [0.1, 0.15) is 5.56 Å². The summed E-state index contributed by atoms with van der Waals surface area (Å²) < 4.78 is 25.7. The van der Waals surface area contributed by atoms with Crippen molar-refractivity contribution in [1.29, 1.82) is 0 Å². The lowest BCUT2D eigenvalue weighted by Crippen LogP contribution is -2.32. The molecule has 0 aliphatic carbocycles. The number of rotatable bonds is 5. The molecule has 3 nitrogen and oxygen atoms in total. The Bertz CT molecular complexity index is 387. The SMILES string of the molecule is N[C@@H](CSCc1ccc(F)cc1F)C(=O)O. The maximum absolute atomic E-state index is 13.1. The Morgan fingerprint density at radius 1 is 1.50 bits per heavy atom. The molecule has 88 valence electrons. The molecule has 0 radical (unpaired) electrons. The van der Waals surface area contributed by atoms with Gasteiger partial charge in [0.1, 0.15) is 17.7 Å². The van der Waals surface area contributed by atoms with E-state index in [1.165, 1.54) is 17.8 Å². The minimum atomic E-state index is -1.09. The van der Waals surface area contributed by atoms with Gasteiger partial charge < -0.3 is 10.8 Å². The number of carboxylic acid groups (broad SMARTS) is 1. The minimum Gasteiger partial charge on any atom is -0.480 e. The second-order valence-corrected chi connectivity index (χ2v) is 4.23. The molecule has 3 N–H and O–H groups in total. The van der Waals surface area contributed by atoms with Gasteiger partial charge in [0, 0.05) is 17.6 Å². The molecule has 1 aromatic rings. The van der Waals surface area contributed by atoms with E-state index < -0.39 is 23.6 Å². The Kier molecular flexibility index (Phi) is 4.70. The monoisotopic (exact) mass is 247 g/mol. The molecule has 0 saturated heterocycles. The first kappa shape index (κ1) is 12.9. The van der Waals surface area contributed by atoms with Crippen LogP contribution in [0.3, 0.4) is 0 Å². The lowest BCUT2D eigenvalue weighted by molar-refractivity contribution is -0.137. The van der Waals surface area contributed by atoms with Gasteiger partial charge in [-0.1, -0.05) is 6.07 Å². The highest BCUT2D eigenvalue weighted by Gasteiger charge is 2.11. The third kappa shape index (κ3) is 3.79. The van der Waals surface area contributed by atoms with Crippen molar-refractivity contribution in [3.63, 3.8) is 0 Å². The van der Waals surface area contributed by atoms with Crippen molar-refractivity contribution in [2.75, 3.05) is 5.75 Å². The normalized spacial score (nSPS) is 12.4. The lowest BCUT2D eigenvalue weighted by atomic mass is 10.2. The highest BCUT2D eigenvalue weighted by Crippen LogP contribution is 2.17. The fraction of sp³-hybridized carbons (Fsp3) is 0.300. The molecule has 0 unspecified atom stereocenters. The van der Waals surface area contributed by atoms with E-state index in [0.717, 1.165) is 12.1 Å². The third-order valence-electron chi connectivity index (χ3n) is 1.89. The van der Waals surface area contributed by atoms with Crippen molar-refractivity contribution < 1.29 is 18.7 Å². The predicted molar refractivity (Wildman–Crippen MR) is 58.1 cm³/mol. The summed E-state index contributed by atoms with van der Waals surface area (Å²) in [5.74, 6) is -1.89. The van der Waals surface area contributed by atoms with Gasteiger partial charge in [0.15, 0.2) is 0 Å². The zero-order chi connectivity index (χ0) is 12.1. The van der Waals surface area contributed by atoms with Gasteiger partial charge in [-0.25, -0.2) is 8.78 Å². The van der Waals surface area contributed by atoms with Crippen LogP contribution >= 0.6 is 11.8 Å². The molecule has 0 fully saturated rings. The first-order chi connectivity index (χ1) is 7.50. The number of thioether (sulfide) groups is 1. The van der Waals surface area contributed by atoms with Crippen LogP contribution in [0, 0.1) is 11.6 Å². The van der Waals surface area contributed by atoms with Crippen LogP contribution in [0.2, 0.25) is 0 Å². The van der Waals surface area contributed by atoms with Gasteiger partial charge in [0.2, 0.25) is 0 Å². The number of carboxylic acids is 1. The van der Waals surface area contributed by atoms with Gasteiger partial charge in [-0.2, -0.15) is 11.8 Å². The van der Waals surface area contributed by atoms with Gasteiger partial charge in [-0.3, -0.25) is 4.79 Å². The number of benzene rings is 1. The van der Waals surface area contributed by atoms with E-state index in [-0.39, 0.29) is 11.5 Å². The number of hydrogen-bond acceptors (Lipinski definition) is 3. The van der Waals surface area contributed by atoms with Crippen LogP contribution < -0.4 is 5.73 Å². The number of hydrogen-bond donors (Lipinski definition) is 2. The molecule has 1 aromatic carbocycles.